The van der Waals surface area contributed by atoms with Crippen molar-refractivity contribution >= 4 is 7.82 Å². The standard InChI is InChI=1S/C17H27O7P/c1-13(2)24-25(18,19)22-11-5-4-6-16-12-21-17(23-16)14-7-9-15(20-3)10-8-14/h7-10,13,16-17H,4-6,11-12H2,1-3H3,(H,18,19). The third-order valence-electron chi connectivity index (χ3n) is 3.66. The van der Waals surface area contributed by atoms with E-state index in [1.54, 1.807) is 21.0 Å². The average molecular weight is 374 g/mol. The first-order valence-corrected chi connectivity index (χ1v) is 9.96. The molecule has 0 amide bonds. The Balaban J connectivity index is 1.64. The van der Waals surface area contributed by atoms with Crippen molar-refractivity contribution in [1.82, 2.24) is 0 Å². The molecule has 0 saturated carbocycles. The summed E-state index contributed by atoms with van der Waals surface area (Å²) < 4.78 is 38.0. The van der Waals surface area contributed by atoms with Gasteiger partial charge in [-0.05, 0) is 45.2 Å². The number of rotatable bonds is 10. The van der Waals surface area contributed by atoms with Crippen molar-refractivity contribution < 1.29 is 32.7 Å². The number of ether oxygens (including phenoxy) is 3. The smallest absolute Gasteiger partial charge is 0.472 e. The van der Waals surface area contributed by atoms with Crippen LogP contribution < -0.4 is 4.74 Å². The SMILES string of the molecule is COc1ccc(C2OCC(CCCCOP(=O)(O)OC(C)C)O2)cc1. The summed E-state index contributed by atoms with van der Waals surface area (Å²) in [4.78, 5) is 9.45. The molecule has 1 N–H and O–H groups in total. The van der Waals surface area contributed by atoms with Gasteiger partial charge in [-0.1, -0.05) is 12.1 Å². The van der Waals surface area contributed by atoms with Gasteiger partial charge in [-0.3, -0.25) is 9.05 Å². The van der Waals surface area contributed by atoms with E-state index in [9.17, 15) is 9.46 Å². The van der Waals surface area contributed by atoms with Crippen molar-refractivity contribution in [3.05, 3.63) is 29.8 Å². The lowest BCUT2D eigenvalue weighted by atomic mass is 10.2. The molecule has 1 fully saturated rings. The molecule has 1 heterocycles. The summed E-state index contributed by atoms with van der Waals surface area (Å²) in [6, 6.07) is 7.60. The van der Waals surface area contributed by atoms with Crippen LogP contribution in [0.5, 0.6) is 5.75 Å². The largest absolute Gasteiger partial charge is 0.497 e. The number of hydrogen-bond donors (Lipinski definition) is 1. The summed E-state index contributed by atoms with van der Waals surface area (Å²) in [5.41, 5.74) is 0.957. The molecule has 0 aromatic heterocycles. The second kappa shape index (κ2) is 9.67. The highest BCUT2D eigenvalue weighted by Gasteiger charge is 2.27. The van der Waals surface area contributed by atoms with Crippen LogP contribution in [0.4, 0.5) is 0 Å². The number of methoxy groups -OCH3 is 1. The number of phosphoric acid groups is 1. The van der Waals surface area contributed by atoms with Gasteiger partial charge in [0.1, 0.15) is 5.75 Å². The van der Waals surface area contributed by atoms with Crippen molar-refractivity contribution in [2.24, 2.45) is 0 Å². The molecule has 3 atom stereocenters. The van der Waals surface area contributed by atoms with Crippen LogP contribution in [0.3, 0.4) is 0 Å². The van der Waals surface area contributed by atoms with Crippen LogP contribution in [0.2, 0.25) is 0 Å². The summed E-state index contributed by atoms with van der Waals surface area (Å²) in [5, 5.41) is 0. The summed E-state index contributed by atoms with van der Waals surface area (Å²) >= 11 is 0. The van der Waals surface area contributed by atoms with Gasteiger partial charge in [0.25, 0.3) is 0 Å². The molecule has 142 valence electrons. The molecule has 8 heteroatoms. The Hall–Kier alpha value is -0.950. The monoisotopic (exact) mass is 374 g/mol. The molecule has 1 aliphatic heterocycles. The van der Waals surface area contributed by atoms with E-state index in [0.29, 0.717) is 13.0 Å². The molecule has 3 unspecified atom stereocenters. The zero-order valence-corrected chi connectivity index (χ0v) is 15.8. The quantitative estimate of drug-likeness (QED) is 0.492. The Bertz CT molecular complexity index is 561. The van der Waals surface area contributed by atoms with Gasteiger partial charge in [-0.2, -0.15) is 0 Å². The summed E-state index contributed by atoms with van der Waals surface area (Å²) in [5.74, 6) is 0.793. The molecular weight excluding hydrogens is 347 g/mol. The second-order valence-electron chi connectivity index (χ2n) is 6.15. The van der Waals surface area contributed by atoms with Crippen LogP contribution in [0, 0.1) is 0 Å². The third kappa shape index (κ3) is 7.05. The lowest BCUT2D eigenvalue weighted by Gasteiger charge is -2.15. The number of unbranched alkanes of at least 4 members (excludes halogenated alkanes) is 1. The first kappa shape index (κ1) is 20.4. The van der Waals surface area contributed by atoms with E-state index in [0.717, 1.165) is 24.2 Å². The van der Waals surface area contributed by atoms with Crippen molar-refractivity contribution in [3.8, 4) is 5.75 Å². The maximum Gasteiger partial charge on any atom is 0.472 e. The Morgan fingerprint density at radius 3 is 2.64 bits per heavy atom. The summed E-state index contributed by atoms with van der Waals surface area (Å²) in [7, 11) is -2.31. The minimum Gasteiger partial charge on any atom is -0.497 e. The van der Waals surface area contributed by atoms with Crippen LogP contribution in [0.1, 0.15) is 45.0 Å². The fraction of sp³-hybridized carbons (Fsp3) is 0.647. The van der Waals surface area contributed by atoms with Crippen LogP contribution in [-0.2, 0) is 23.1 Å². The first-order chi connectivity index (χ1) is 11.9. The Kier molecular flexibility index (Phi) is 7.87. The molecule has 1 saturated heterocycles. The molecule has 0 radical (unpaired) electrons. The highest BCUT2D eigenvalue weighted by Crippen LogP contribution is 2.44. The van der Waals surface area contributed by atoms with Crippen molar-refractivity contribution in [2.45, 2.75) is 51.6 Å². The van der Waals surface area contributed by atoms with Gasteiger partial charge in [0.05, 0.1) is 32.5 Å². The topological polar surface area (TPSA) is 83.5 Å². The maximum atomic E-state index is 11.5. The average Bonchev–Trinajstić information content (AvgIpc) is 3.02. The summed E-state index contributed by atoms with van der Waals surface area (Å²) in [6.07, 6.45) is 1.57. The molecule has 1 aromatic carbocycles. The van der Waals surface area contributed by atoms with Gasteiger partial charge in [0.15, 0.2) is 6.29 Å². The van der Waals surface area contributed by atoms with Gasteiger partial charge in [-0.25, -0.2) is 4.57 Å². The molecule has 1 aliphatic rings. The van der Waals surface area contributed by atoms with Crippen LogP contribution in [-0.4, -0.2) is 37.4 Å². The van der Waals surface area contributed by atoms with E-state index in [-0.39, 0.29) is 25.1 Å². The highest BCUT2D eigenvalue weighted by molar-refractivity contribution is 7.47. The number of benzene rings is 1. The fourth-order valence-electron chi connectivity index (χ4n) is 2.49. The van der Waals surface area contributed by atoms with Crippen LogP contribution in [0.15, 0.2) is 24.3 Å². The van der Waals surface area contributed by atoms with E-state index >= 15 is 0 Å². The highest BCUT2D eigenvalue weighted by atomic mass is 31.2. The predicted octanol–water partition coefficient (Wildman–Crippen LogP) is 3.82. The van der Waals surface area contributed by atoms with Crippen molar-refractivity contribution in [1.29, 1.82) is 0 Å². The molecule has 7 nitrogen and oxygen atoms in total. The second-order valence-corrected chi connectivity index (χ2v) is 7.55. The lowest BCUT2D eigenvalue weighted by molar-refractivity contribution is -0.0614. The van der Waals surface area contributed by atoms with Gasteiger partial charge in [-0.15, -0.1) is 0 Å². The molecular formula is C17H27O7P. The molecule has 0 aliphatic carbocycles. The van der Waals surface area contributed by atoms with E-state index in [1.807, 2.05) is 24.3 Å². The van der Waals surface area contributed by atoms with E-state index in [2.05, 4.69) is 0 Å². The predicted molar refractivity (Wildman–Crippen MR) is 92.4 cm³/mol. The molecule has 0 bridgehead atoms. The molecule has 0 spiro atoms. The van der Waals surface area contributed by atoms with E-state index < -0.39 is 7.82 Å². The Morgan fingerprint density at radius 1 is 1.28 bits per heavy atom. The van der Waals surface area contributed by atoms with Crippen molar-refractivity contribution in [3.63, 3.8) is 0 Å². The maximum absolute atomic E-state index is 11.5. The Labute approximate surface area is 148 Å². The summed E-state index contributed by atoms with van der Waals surface area (Å²) in [6.45, 7) is 4.08. The fourth-order valence-corrected chi connectivity index (χ4v) is 3.44. The van der Waals surface area contributed by atoms with Gasteiger partial charge < -0.3 is 19.1 Å². The zero-order chi connectivity index (χ0) is 18.3. The zero-order valence-electron chi connectivity index (χ0n) is 14.9. The third-order valence-corrected chi connectivity index (χ3v) is 4.85. The van der Waals surface area contributed by atoms with E-state index in [4.69, 9.17) is 23.3 Å². The van der Waals surface area contributed by atoms with Crippen LogP contribution >= 0.6 is 7.82 Å². The van der Waals surface area contributed by atoms with Crippen molar-refractivity contribution in [2.75, 3.05) is 20.3 Å². The van der Waals surface area contributed by atoms with Gasteiger partial charge >= 0.3 is 7.82 Å². The number of phosphoric ester groups is 1. The van der Waals surface area contributed by atoms with Gasteiger partial charge in [0.2, 0.25) is 0 Å². The van der Waals surface area contributed by atoms with Gasteiger partial charge in [0, 0.05) is 5.56 Å². The van der Waals surface area contributed by atoms with Crippen LogP contribution in [0.25, 0.3) is 0 Å². The Morgan fingerprint density at radius 2 is 2.00 bits per heavy atom. The van der Waals surface area contributed by atoms with E-state index in [1.165, 1.54) is 0 Å². The molecule has 25 heavy (non-hydrogen) atoms. The minimum atomic E-state index is -3.94. The number of hydrogen-bond acceptors (Lipinski definition) is 6. The lowest BCUT2D eigenvalue weighted by Crippen LogP contribution is -2.10. The first-order valence-electron chi connectivity index (χ1n) is 8.46. The molecule has 1 aromatic rings. The normalized spacial score (nSPS) is 22.9. The molecule has 2 rings (SSSR count). The minimum absolute atomic E-state index is 0.0138.